The monoisotopic (exact) mass is 555 g/mol. The Labute approximate surface area is 229 Å². The lowest BCUT2D eigenvalue weighted by Crippen LogP contribution is -2.45. The van der Waals surface area contributed by atoms with Crippen LogP contribution in [0.25, 0.3) is 0 Å². The fourth-order valence-corrected chi connectivity index (χ4v) is 6.52. The molecule has 11 heteroatoms. The number of aliphatic imine (C=N–C) groups is 1. The van der Waals surface area contributed by atoms with Crippen LogP contribution in [-0.2, 0) is 20.9 Å². The van der Waals surface area contributed by atoms with E-state index in [9.17, 15) is 9.32 Å². The SMILES string of the molecule is CCCCCCCCCN(CCc1csc(SC(C)(C)C(=O)OF)n1)C1=NCC(N2CCOCC2)=CN1. The minimum absolute atomic E-state index is 0.674. The topological polar surface area (TPSA) is 79.3 Å². The van der Waals surface area contributed by atoms with Crippen molar-refractivity contribution in [2.24, 2.45) is 4.99 Å². The van der Waals surface area contributed by atoms with Crippen molar-refractivity contribution in [3.05, 3.63) is 23.0 Å². The van der Waals surface area contributed by atoms with E-state index in [1.807, 2.05) is 5.38 Å². The van der Waals surface area contributed by atoms with Crippen molar-refractivity contribution in [2.45, 2.75) is 81.2 Å². The molecule has 0 aliphatic carbocycles. The summed E-state index contributed by atoms with van der Waals surface area (Å²) in [4.78, 5) is 29.3. The van der Waals surface area contributed by atoms with Gasteiger partial charge in [0.25, 0.3) is 0 Å². The first kappa shape index (κ1) is 29.7. The van der Waals surface area contributed by atoms with Gasteiger partial charge in [0.05, 0.1) is 31.1 Å². The molecule has 0 radical (unpaired) electrons. The molecule has 3 heterocycles. The third-order valence-corrected chi connectivity index (χ3v) is 8.74. The summed E-state index contributed by atoms with van der Waals surface area (Å²) in [5.74, 6) is 0.0145. The second-order valence-electron chi connectivity index (χ2n) is 9.96. The fraction of sp³-hybridized carbons (Fsp3) is 0.731. The third-order valence-electron chi connectivity index (χ3n) is 6.58. The molecule has 37 heavy (non-hydrogen) atoms. The number of guanidine groups is 1. The van der Waals surface area contributed by atoms with Gasteiger partial charge in [0.2, 0.25) is 0 Å². The van der Waals surface area contributed by atoms with E-state index in [0.29, 0.717) is 6.54 Å². The summed E-state index contributed by atoms with van der Waals surface area (Å²) in [6.45, 7) is 11.3. The second-order valence-corrected chi connectivity index (χ2v) is 12.7. The van der Waals surface area contributed by atoms with Gasteiger partial charge in [-0.15, -0.1) is 11.3 Å². The van der Waals surface area contributed by atoms with Gasteiger partial charge in [-0.1, -0.05) is 57.2 Å². The number of carbonyl (C=O) groups is 1. The Morgan fingerprint density at radius 2 is 1.95 bits per heavy atom. The lowest BCUT2D eigenvalue weighted by Gasteiger charge is -2.34. The van der Waals surface area contributed by atoms with Gasteiger partial charge in [-0.25, -0.2) is 14.8 Å². The minimum atomic E-state index is -1.03. The minimum Gasteiger partial charge on any atom is -0.378 e. The summed E-state index contributed by atoms with van der Waals surface area (Å²) in [5.41, 5.74) is 2.17. The Balaban J connectivity index is 1.54. The third kappa shape index (κ3) is 9.76. The van der Waals surface area contributed by atoms with Crippen LogP contribution in [0, 0.1) is 0 Å². The average molecular weight is 556 g/mol. The first-order valence-corrected chi connectivity index (χ1v) is 15.2. The number of aromatic nitrogens is 1. The van der Waals surface area contributed by atoms with Crippen molar-refractivity contribution in [3.63, 3.8) is 0 Å². The zero-order valence-electron chi connectivity index (χ0n) is 22.5. The number of nitrogens with one attached hydrogen (secondary N) is 1. The van der Waals surface area contributed by atoms with Gasteiger partial charge < -0.3 is 19.9 Å². The van der Waals surface area contributed by atoms with Crippen LogP contribution in [0.1, 0.15) is 71.4 Å². The van der Waals surface area contributed by atoms with Crippen LogP contribution in [0.15, 0.2) is 26.6 Å². The fourth-order valence-electron chi connectivity index (χ4n) is 4.26. The van der Waals surface area contributed by atoms with Gasteiger partial charge in [-0.05, 0) is 20.3 Å². The van der Waals surface area contributed by atoms with Crippen molar-refractivity contribution in [1.29, 1.82) is 0 Å². The first-order valence-electron chi connectivity index (χ1n) is 13.5. The summed E-state index contributed by atoms with van der Waals surface area (Å²) in [7, 11) is 0. The lowest BCUT2D eigenvalue weighted by atomic mass is 10.1. The summed E-state index contributed by atoms with van der Waals surface area (Å²) in [5, 5.41) is 5.46. The van der Waals surface area contributed by atoms with E-state index in [1.165, 1.54) is 67.3 Å². The number of thiazole rings is 1. The van der Waals surface area contributed by atoms with Crippen LogP contribution in [-0.4, -0.2) is 77.4 Å². The highest BCUT2D eigenvalue weighted by Crippen LogP contribution is 2.35. The van der Waals surface area contributed by atoms with Crippen molar-refractivity contribution < 1.29 is 19.0 Å². The number of carbonyl (C=O) groups excluding carboxylic acids is 1. The number of morpholine rings is 1. The van der Waals surface area contributed by atoms with E-state index in [1.54, 1.807) is 13.8 Å². The highest BCUT2D eigenvalue weighted by atomic mass is 32.2. The maximum absolute atomic E-state index is 12.4. The molecule has 0 spiro atoms. The molecule has 2 aliphatic heterocycles. The molecule has 208 valence electrons. The lowest BCUT2D eigenvalue weighted by molar-refractivity contribution is -0.185. The summed E-state index contributed by atoms with van der Waals surface area (Å²) in [6, 6.07) is 0. The standard InChI is InChI=1S/C26H42FN5O3S2/c1-4-5-6-7-8-9-10-12-32(24-28-18-22(19-29-24)31-14-16-34-17-15-31)13-11-21-20-36-25(30-21)37-26(2,3)23(33)35-27/h18,20H,4-17,19H2,1-3H3,(H,28,29). The quantitative estimate of drug-likeness (QED) is 0.235. The van der Waals surface area contributed by atoms with E-state index in [0.717, 1.165) is 68.2 Å². The molecule has 0 aromatic carbocycles. The van der Waals surface area contributed by atoms with E-state index in [2.05, 4.69) is 38.2 Å². The number of halogens is 1. The molecule has 1 N–H and O–H groups in total. The molecule has 2 aliphatic rings. The van der Waals surface area contributed by atoms with Gasteiger partial charge in [-0.2, -0.15) is 0 Å². The normalized spacial score (nSPS) is 16.2. The zero-order chi connectivity index (χ0) is 26.5. The molecule has 1 fully saturated rings. The van der Waals surface area contributed by atoms with Crippen molar-refractivity contribution in [2.75, 3.05) is 45.9 Å². The van der Waals surface area contributed by atoms with Crippen molar-refractivity contribution >= 4 is 35.0 Å². The van der Waals surface area contributed by atoms with Crippen molar-refractivity contribution in [3.8, 4) is 0 Å². The van der Waals surface area contributed by atoms with Crippen LogP contribution in [0.2, 0.25) is 0 Å². The maximum Gasteiger partial charge on any atom is 0.364 e. The molecule has 1 aromatic heterocycles. The van der Waals surface area contributed by atoms with Crippen LogP contribution in [0.5, 0.6) is 0 Å². The van der Waals surface area contributed by atoms with E-state index >= 15 is 0 Å². The van der Waals surface area contributed by atoms with Gasteiger partial charge in [-0.3, -0.25) is 4.94 Å². The molecule has 1 saturated heterocycles. The van der Waals surface area contributed by atoms with E-state index in [-0.39, 0.29) is 0 Å². The van der Waals surface area contributed by atoms with Crippen LogP contribution < -0.4 is 5.32 Å². The van der Waals surface area contributed by atoms with Gasteiger partial charge in [0.1, 0.15) is 4.75 Å². The highest BCUT2D eigenvalue weighted by molar-refractivity contribution is 8.03. The smallest absolute Gasteiger partial charge is 0.364 e. The number of unbranched alkanes of at least 4 members (excludes halogenated alkanes) is 6. The van der Waals surface area contributed by atoms with Crippen LogP contribution in [0.3, 0.4) is 0 Å². The molecule has 0 unspecified atom stereocenters. The van der Waals surface area contributed by atoms with Crippen molar-refractivity contribution in [1.82, 2.24) is 20.1 Å². The number of nitrogens with zero attached hydrogens (tertiary/aromatic N) is 4. The second kappa shape index (κ2) is 15.5. The Morgan fingerprint density at radius 1 is 1.22 bits per heavy atom. The summed E-state index contributed by atoms with van der Waals surface area (Å²) < 4.78 is 17.6. The maximum atomic E-state index is 12.4. The first-order chi connectivity index (χ1) is 17.9. The summed E-state index contributed by atoms with van der Waals surface area (Å²) in [6.07, 6.45) is 11.7. The molecule has 8 nitrogen and oxygen atoms in total. The molecule has 0 saturated carbocycles. The average Bonchev–Trinajstić information content (AvgIpc) is 3.36. The van der Waals surface area contributed by atoms with E-state index < -0.39 is 10.7 Å². The van der Waals surface area contributed by atoms with Gasteiger partial charge in [0, 0.05) is 48.7 Å². The number of hydrogen-bond donors (Lipinski definition) is 1. The Morgan fingerprint density at radius 3 is 2.62 bits per heavy atom. The van der Waals surface area contributed by atoms with Gasteiger partial charge in [0.15, 0.2) is 10.3 Å². The molecule has 0 amide bonds. The zero-order valence-corrected chi connectivity index (χ0v) is 24.1. The number of ether oxygens (including phenoxy) is 1. The molecular weight excluding hydrogens is 513 g/mol. The molecular formula is C26H42FN5O3S2. The summed E-state index contributed by atoms with van der Waals surface area (Å²) >= 11 is 2.69. The van der Waals surface area contributed by atoms with Gasteiger partial charge >= 0.3 is 5.97 Å². The number of rotatable bonds is 15. The Bertz CT molecular complexity index is 903. The molecule has 0 atom stereocenters. The predicted octanol–water partition coefficient (Wildman–Crippen LogP) is 5.17. The molecule has 0 bridgehead atoms. The number of thioether (sulfide) groups is 1. The largest absolute Gasteiger partial charge is 0.378 e. The Hall–Kier alpha value is -1.85. The predicted molar refractivity (Wildman–Crippen MR) is 148 cm³/mol. The van der Waals surface area contributed by atoms with E-state index in [4.69, 9.17) is 9.73 Å². The van der Waals surface area contributed by atoms with Crippen LogP contribution in [0.4, 0.5) is 4.53 Å². The Kier molecular flexibility index (Phi) is 12.5. The molecule has 1 aromatic rings. The highest BCUT2D eigenvalue weighted by Gasteiger charge is 2.33. The van der Waals surface area contributed by atoms with Crippen LogP contribution >= 0.6 is 23.1 Å². The molecule has 3 rings (SSSR count). The number of hydrogen-bond acceptors (Lipinski definition) is 10.